The second-order valence-corrected chi connectivity index (χ2v) is 5.81. The van der Waals surface area contributed by atoms with Crippen LogP contribution in [0.4, 0.5) is 0 Å². The molecule has 0 spiro atoms. The summed E-state index contributed by atoms with van der Waals surface area (Å²) in [6, 6.07) is 5.97. The Morgan fingerprint density at radius 3 is 3.10 bits per heavy atom. The van der Waals surface area contributed by atoms with Gasteiger partial charge in [0.2, 0.25) is 0 Å². The maximum Gasteiger partial charge on any atom is 0.250 e. The number of hydrogen-bond acceptors (Lipinski definition) is 3. The van der Waals surface area contributed by atoms with Gasteiger partial charge in [-0.05, 0) is 38.4 Å². The summed E-state index contributed by atoms with van der Waals surface area (Å²) in [5.41, 5.74) is 6.66. The van der Waals surface area contributed by atoms with Gasteiger partial charge in [0.25, 0.3) is 5.91 Å². The third-order valence-electron chi connectivity index (χ3n) is 4.21. The van der Waals surface area contributed by atoms with Crippen molar-refractivity contribution in [1.82, 2.24) is 14.7 Å². The van der Waals surface area contributed by atoms with E-state index in [4.69, 9.17) is 5.73 Å². The van der Waals surface area contributed by atoms with E-state index in [1.54, 1.807) is 6.07 Å². The minimum Gasteiger partial charge on any atom is -0.366 e. The molecule has 5 nitrogen and oxygen atoms in total. The van der Waals surface area contributed by atoms with Gasteiger partial charge in [-0.2, -0.15) is 5.10 Å². The van der Waals surface area contributed by atoms with E-state index in [1.165, 1.54) is 19.4 Å². The van der Waals surface area contributed by atoms with Crippen LogP contribution in [0.15, 0.2) is 24.4 Å². The number of benzene rings is 1. The SMILES string of the molecule is CCCN1CCCC(n2cc3cccc(C(N)=O)c3n2)C1. The van der Waals surface area contributed by atoms with E-state index in [9.17, 15) is 4.79 Å². The summed E-state index contributed by atoms with van der Waals surface area (Å²) >= 11 is 0. The minimum absolute atomic E-state index is 0.387. The van der Waals surface area contributed by atoms with Crippen LogP contribution in [-0.2, 0) is 0 Å². The normalized spacial score (nSPS) is 20.0. The first-order valence-electron chi connectivity index (χ1n) is 7.69. The van der Waals surface area contributed by atoms with Crippen LogP contribution < -0.4 is 5.73 Å². The predicted molar refractivity (Wildman–Crippen MR) is 83.3 cm³/mol. The number of piperidine rings is 1. The van der Waals surface area contributed by atoms with Crippen LogP contribution in [0.5, 0.6) is 0 Å². The van der Waals surface area contributed by atoms with Gasteiger partial charge in [-0.3, -0.25) is 9.48 Å². The molecular formula is C16H22N4O. The van der Waals surface area contributed by atoms with Crippen LogP contribution in [0.1, 0.15) is 42.6 Å². The standard InChI is InChI=1S/C16H22N4O/c1-2-8-19-9-4-6-13(11-19)20-10-12-5-3-7-14(16(17)21)15(12)18-20/h3,5,7,10,13H,2,4,6,8-9,11H2,1H3,(H2,17,21). The zero-order valence-electron chi connectivity index (χ0n) is 12.5. The molecule has 2 N–H and O–H groups in total. The highest BCUT2D eigenvalue weighted by atomic mass is 16.1. The lowest BCUT2D eigenvalue weighted by Gasteiger charge is -2.32. The molecule has 2 aromatic rings. The van der Waals surface area contributed by atoms with E-state index in [1.807, 2.05) is 23.0 Å². The molecule has 1 aliphatic rings. The van der Waals surface area contributed by atoms with Gasteiger partial charge in [-0.25, -0.2) is 0 Å². The lowest BCUT2D eigenvalue weighted by Crippen LogP contribution is -2.37. The summed E-state index contributed by atoms with van der Waals surface area (Å²) in [7, 11) is 0. The molecule has 1 unspecified atom stereocenters. The topological polar surface area (TPSA) is 64.2 Å². The molecule has 0 saturated carbocycles. The number of likely N-dealkylation sites (tertiary alicyclic amines) is 1. The zero-order valence-corrected chi connectivity index (χ0v) is 12.5. The van der Waals surface area contributed by atoms with E-state index in [0.717, 1.165) is 30.4 Å². The Morgan fingerprint density at radius 1 is 1.48 bits per heavy atom. The number of hydrogen-bond donors (Lipinski definition) is 1. The highest BCUT2D eigenvalue weighted by Crippen LogP contribution is 2.24. The number of aromatic nitrogens is 2. The van der Waals surface area contributed by atoms with E-state index in [-0.39, 0.29) is 0 Å². The van der Waals surface area contributed by atoms with Crippen molar-refractivity contribution in [3.63, 3.8) is 0 Å². The Morgan fingerprint density at radius 2 is 2.33 bits per heavy atom. The van der Waals surface area contributed by atoms with E-state index in [0.29, 0.717) is 11.6 Å². The van der Waals surface area contributed by atoms with Crippen molar-refractivity contribution in [2.45, 2.75) is 32.2 Å². The number of primary amides is 1. The first-order chi connectivity index (χ1) is 10.2. The Balaban J connectivity index is 1.90. The number of carbonyl (C=O) groups excluding carboxylic acids is 1. The fourth-order valence-corrected chi connectivity index (χ4v) is 3.22. The highest BCUT2D eigenvalue weighted by Gasteiger charge is 2.22. The molecule has 0 aliphatic carbocycles. The molecule has 1 atom stereocenters. The van der Waals surface area contributed by atoms with Gasteiger partial charge >= 0.3 is 0 Å². The fraction of sp³-hybridized carbons (Fsp3) is 0.500. The number of amides is 1. The molecule has 0 bridgehead atoms. The molecule has 2 heterocycles. The fourth-order valence-electron chi connectivity index (χ4n) is 3.22. The van der Waals surface area contributed by atoms with Crippen molar-refractivity contribution < 1.29 is 4.79 Å². The highest BCUT2D eigenvalue weighted by molar-refractivity contribution is 6.04. The van der Waals surface area contributed by atoms with Crippen LogP contribution in [0.3, 0.4) is 0 Å². The molecule has 1 saturated heterocycles. The quantitative estimate of drug-likeness (QED) is 0.937. The average molecular weight is 286 g/mol. The van der Waals surface area contributed by atoms with E-state index >= 15 is 0 Å². The first-order valence-corrected chi connectivity index (χ1v) is 7.69. The molecule has 1 aromatic carbocycles. The van der Waals surface area contributed by atoms with Crippen molar-refractivity contribution >= 4 is 16.8 Å². The van der Waals surface area contributed by atoms with Crippen LogP contribution in [0.25, 0.3) is 10.9 Å². The monoisotopic (exact) mass is 286 g/mol. The Kier molecular flexibility index (Phi) is 3.92. The third kappa shape index (κ3) is 2.78. The Bertz CT molecular complexity index is 647. The summed E-state index contributed by atoms with van der Waals surface area (Å²) in [5.74, 6) is -0.415. The molecule has 112 valence electrons. The van der Waals surface area contributed by atoms with Gasteiger partial charge in [0, 0.05) is 18.1 Å². The van der Waals surface area contributed by atoms with Crippen LogP contribution in [0.2, 0.25) is 0 Å². The van der Waals surface area contributed by atoms with Crippen molar-refractivity contribution in [3.8, 4) is 0 Å². The zero-order chi connectivity index (χ0) is 14.8. The van der Waals surface area contributed by atoms with Gasteiger partial charge in [-0.15, -0.1) is 0 Å². The van der Waals surface area contributed by atoms with E-state index < -0.39 is 5.91 Å². The van der Waals surface area contributed by atoms with Crippen LogP contribution >= 0.6 is 0 Å². The van der Waals surface area contributed by atoms with Gasteiger partial charge in [-0.1, -0.05) is 19.1 Å². The molecule has 1 amide bonds. The smallest absolute Gasteiger partial charge is 0.250 e. The van der Waals surface area contributed by atoms with Crippen molar-refractivity contribution in [2.24, 2.45) is 5.73 Å². The number of rotatable bonds is 4. The van der Waals surface area contributed by atoms with Crippen LogP contribution in [0, 0.1) is 0 Å². The maximum atomic E-state index is 11.5. The molecule has 5 heteroatoms. The van der Waals surface area contributed by atoms with Gasteiger partial charge in [0.15, 0.2) is 0 Å². The second kappa shape index (κ2) is 5.85. The lowest BCUT2D eigenvalue weighted by atomic mass is 10.1. The average Bonchev–Trinajstić information content (AvgIpc) is 2.91. The van der Waals surface area contributed by atoms with Gasteiger partial charge in [0.1, 0.15) is 5.52 Å². The van der Waals surface area contributed by atoms with Gasteiger partial charge in [0.05, 0.1) is 11.6 Å². The molecule has 3 rings (SSSR count). The molecule has 1 aromatic heterocycles. The number of nitrogens with two attached hydrogens (primary N) is 1. The van der Waals surface area contributed by atoms with Crippen molar-refractivity contribution in [2.75, 3.05) is 19.6 Å². The number of carbonyl (C=O) groups is 1. The minimum atomic E-state index is -0.415. The summed E-state index contributed by atoms with van der Waals surface area (Å²) in [5, 5.41) is 5.63. The maximum absolute atomic E-state index is 11.5. The Hall–Kier alpha value is -1.88. The molecule has 1 aliphatic heterocycles. The lowest BCUT2D eigenvalue weighted by molar-refractivity contribution is 0.100. The third-order valence-corrected chi connectivity index (χ3v) is 4.21. The molecule has 0 radical (unpaired) electrons. The second-order valence-electron chi connectivity index (χ2n) is 5.81. The van der Waals surface area contributed by atoms with E-state index in [2.05, 4.69) is 16.9 Å². The first kappa shape index (κ1) is 14.1. The Labute approximate surface area is 124 Å². The summed E-state index contributed by atoms with van der Waals surface area (Å²) < 4.78 is 2.03. The van der Waals surface area contributed by atoms with Gasteiger partial charge < -0.3 is 10.6 Å². The molecule has 21 heavy (non-hydrogen) atoms. The number of nitrogens with zero attached hydrogens (tertiary/aromatic N) is 3. The predicted octanol–water partition coefficient (Wildman–Crippen LogP) is 2.18. The largest absolute Gasteiger partial charge is 0.366 e. The van der Waals surface area contributed by atoms with Crippen LogP contribution in [-0.4, -0.2) is 40.2 Å². The molecular weight excluding hydrogens is 264 g/mol. The summed E-state index contributed by atoms with van der Waals surface area (Å²) in [4.78, 5) is 14.0. The summed E-state index contributed by atoms with van der Waals surface area (Å²) in [6.07, 6.45) is 5.56. The van der Waals surface area contributed by atoms with Crippen molar-refractivity contribution in [1.29, 1.82) is 0 Å². The molecule has 1 fully saturated rings. The summed E-state index contributed by atoms with van der Waals surface area (Å²) in [6.45, 7) is 5.57. The number of fused-ring (bicyclic) bond motifs is 1. The van der Waals surface area contributed by atoms with Crippen molar-refractivity contribution in [3.05, 3.63) is 30.0 Å².